The van der Waals surface area contributed by atoms with Gasteiger partial charge in [-0.15, -0.1) is 0 Å². The Morgan fingerprint density at radius 2 is 2.21 bits per heavy atom. The normalized spacial score (nSPS) is 17.9. The minimum atomic E-state index is 0.0671. The Kier molecular flexibility index (Phi) is 2.42. The Hall–Kier alpha value is -1.09. The molecule has 1 unspecified atom stereocenters. The van der Waals surface area contributed by atoms with Crippen molar-refractivity contribution in [1.82, 2.24) is 4.98 Å². The lowest BCUT2D eigenvalue weighted by molar-refractivity contribution is 0.799. The Morgan fingerprint density at radius 3 is 2.71 bits per heavy atom. The lowest BCUT2D eigenvalue weighted by Gasteiger charge is -2.11. The van der Waals surface area contributed by atoms with Crippen molar-refractivity contribution in [3.05, 3.63) is 23.4 Å². The number of nitrogens with zero attached hydrogens (tertiary/aromatic N) is 1. The monoisotopic (exact) mass is 191 g/mol. The van der Waals surface area contributed by atoms with Crippen molar-refractivity contribution in [2.75, 3.05) is 5.32 Å². The average Bonchev–Trinajstić information content (AvgIpc) is 2.87. The summed E-state index contributed by atoms with van der Waals surface area (Å²) in [7, 11) is 0. The molecule has 1 atom stereocenters. The molecule has 0 spiro atoms. The molecule has 1 aliphatic carbocycles. The predicted octanol–water partition coefficient (Wildman–Crippen LogP) is 1.98. The van der Waals surface area contributed by atoms with Crippen LogP contribution in [0.5, 0.6) is 0 Å². The molecule has 1 aliphatic rings. The zero-order valence-electron chi connectivity index (χ0n) is 8.75. The highest BCUT2D eigenvalue weighted by Crippen LogP contribution is 2.24. The van der Waals surface area contributed by atoms with Crippen LogP contribution in [-0.4, -0.2) is 11.0 Å². The third kappa shape index (κ3) is 2.04. The van der Waals surface area contributed by atoms with E-state index in [9.17, 15) is 0 Å². The molecule has 1 aromatic rings. The third-order valence-electron chi connectivity index (χ3n) is 2.55. The molecule has 14 heavy (non-hydrogen) atoms. The highest BCUT2D eigenvalue weighted by Gasteiger charge is 2.21. The maximum absolute atomic E-state index is 5.82. The molecule has 0 aliphatic heterocycles. The highest BCUT2D eigenvalue weighted by molar-refractivity contribution is 5.41. The Balaban J connectivity index is 2.16. The van der Waals surface area contributed by atoms with Crippen LogP contribution in [0.4, 0.5) is 5.82 Å². The summed E-state index contributed by atoms with van der Waals surface area (Å²) in [5, 5.41) is 3.37. The SMILES string of the molecule is Cc1nc(NC2CC2)ccc1C(C)N. The van der Waals surface area contributed by atoms with E-state index in [0.717, 1.165) is 17.1 Å². The van der Waals surface area contributed by atoms with E-state index in [2.05, 4.69) is 16.4 Å². The van der Waals surface area contributed by atoms with Gasteiger partial charge in [0, 0.05) is 17.8 Å². The molecule has 1 saturated carbocycles. The zero-order chi connectivity index (χ0) is 10.1. The van der Waals surface area contributed by atoms with Gasteiger partial charge in [-0.1, -0.05) is 6.07 Å². The fourth-order valence-electron chi connectivity index (χ4n) is 1.57. The number of nitrogens with two attached hydrogens (primary N) is 1. The molecule has 0 radical (unpaired) electrons. The van der Waals surface area contributed by atoms with Crippen LogP contribution in [0, 0.1) is 6.92 Å². The van der Waals surface area contributed by atoms with Crippen molar-refractivity contribution in [3.8, 4) is 0 Å². The predicted molar refractivity (Wildman–Crippen MR) is 58.2 cm³/mol. The first-order valence-corrected chi connectivity index (χ1v) is 5.16. The van der Waals surface area contributed by atoms with Crippen molar-refractivity contribution in [3.63, 3.8) is 0 Å². The fourth-order valence-corrected chi connectivity index (χ4v) is 1.57. The molecule has 3 N–H and O–H groups in total. The third-order valence-corrected chi connectivity index (χ3v) is 2.55. The number of hydrogen-bond acceptors (Lipinski definition) is 3. The summed E-state index contributed by atoms with van der Waals surface area (Å²) in [6.07, 6.45) is 2.55. The molecule has 0 amide bonds. The Bertz CT molecular complexity index is 329. The molecule has 0 saturated heterocycles. The average molecular weight is 191 g/mol. The van der Waals surface area contributed by atoms with Crippen molar-refractivity contribution in [2.24, 2.45) is 5.73 Å². The number of rotatable bonds is 3. The van der Waals surface area contributed by atoms with Gasteiger partial charge in [-0.05, 0) is 38.3 Å². The van der Waals surface area contributed by atoms with Crippen LogP contribution in [0.25, 0.3) is 0 Å². The van der Waals surface area contributed by atoms with Crippen LogP contribution in [0.2, 0.25) is 0 Å². The van der Waals surface area contributed by atoms with Crippen LogP contribution in [0.15, 0.2) is 12.1 Å². The summed E-state index contributed by atoms with van der Waals surface area (Å²) in [5.41, 5.74) is 7.98. The molecular weight excluding hydrogens is 174 g/mol. The molecule has 1 aromatic heterocycles. The number of pyridine rings is 1. The number of aromatic nitrogens is 1. The van der Waals surface area contributed by atoms with E-state index in [-0.39, 0.29) is 6.04 Å². The maximum atomic E-state index is 5.82. The first kappa shape index (κ1) is 9.46. The molecule has 3 heteroatoms. The second-order valence-electron chi connectivity index (χ2n) is 4.08. The summed E-state index contributed by atoms with van der Waals surface area (Å²) >= 11 is 0. The quantitative estimate of drug-likeness (QED) is 0.768. The lowest BCUT2D eigenvalue weighted by Crippen LogP contribution is -2.10. The van der Waals surface area contributed by atoms with Gasteiger partial charge in [0.15, 0.2) is 0 Å². The smallest absolute Gasteiger partial charge is 0.126 e. The van der Waals surface area contributed by atoms with Gasteiger partial charge in [0.25, 0.3) is 0 Å². The molecule has 1 fully saturated rings. The molecule has 3 nitrogen and oxygen atoms in total. The van der Waals surface area contributed by atoms with Gasteiger partial charge in [0.2, 0.25) is 0 Å². The van der Waals surface area contributed by atoms with E-state index >= 15 is 0 Å². The second-order valence-corrected chi connectivity index (χ2v) is 4.08. The van der Waals surface area contributed by atoms with Crippen LogP contribution in [0.1, 0.15) is 37.1 Å². The van der Waals surface area contributed by atoms with E-state index < -0.39 is 0 Å². The van der Waals surface area contributed by atoms with Gasteiger partial charge < -0.3 is 11.1 Å². The van der Waals surface area contributed by atoms with Crippen molar-refractivity contribution in [1.29, 1.82) is 0 Å². The molecule has 1 heterocycles. The zero-order valence-corrected chi connectivity index (χ0v) is 8.75. The van der Waals surface area contributed by atoms with Gasteiger partial charge in [-0.25, -0.2) is 4.98 Å². The minimum Gasteiger partial charge on any atom is -0.367 e. The van der Waals surface area contributed by atoms with Crippen LogP contribution >= 0.6 is 0 Å². The van der Waals surface area contributed by atoms with Crippen LogP contribution < -0.4 is 11.1 Å². The second kappa shape index (κ2) is 3.58. The maximum Gasteiger partial charge on any atom is 0.126 e. The number of hydrogen-bond donors (Lipinski definition) is 2. The van der Waals surface area contributed by atoms with Gasteiger partial charge in [-0.2, -0.15) is 0 Å². The van der Waals surface area contributed by atoms with Gasteiger partial charge >= 0.3 is 0 Å². The van der Waals surface area contributed by atoms with E-state index in [1.807, 2.05) is 19.9 Å². The summed E-state index contributed by atoms with van der Waals surface area (Å²) in [5.74, 6) is 0.981. The van der Waals surface area contributed by atoms with Crippen molar-refractivity contribution < 1.29 is 0 Å². The number of nitrogens with one attached hydrogen (secondary N) is 1. The Labute approximate surface area is 84.7 Å². The van der Waals surface area contributed by atoms with E-state index in [1.165, 1.54) is 12.8 Å². The first-order chi connectivity index (χ1) is 6.66. The van der Waals surface area contributed by atoms with E-state index in [4.69, 9.17) is 5.73 Å². The number of anilines is 1. The minimum absolute atomic E-state index is 0.0671. The first-order valence-electron chi connectivity index (χ1n) is 5.16. The molecule has 2 rings (SSSR count). The fraction of sp³-hybridized carbons (Fsp3) is 0.545. The number of aryl methyl sites for hydroxylation is 1. The lowest BCUT2D eigenvalue weighted by atomic mass is 10.1. The molecule has 0 bridgehead atoms. The van der Waals surface area contributed by atoms with Gasteiger partial charge in [-0.3, -0.25) is 0 Å². The van der Waals surface area contributed by atoms with E-state index in [0.29, 0.717) is 6.04 Å². The van der Waals surface area contributed by atoms with Gasteiger partial charge in [0.1, 0.15) is 5.82 Å². The Morgan fingerprint density at radius 1 is 1.50 bits per heavy atom. The van der Waals surface area contributed by atoms with Crippen LogP contribution in [-0.2, 0) is 0 Å². The molecular formula is C11H17N3. The summed E-state index contributed by atoms with van der Waals surface area (Å²) in [4.78, 5) is 4.48. The molecule has 76 valence electrons. The van der Waals surface area contributed by atoms with Crippen LogP contribution in [0.3, 0.4) is 0 Å². The highest BCUT2D eigenvalue weighted by atomic mass is 15.0. The van der Waals surface area contributed by atoms with Gasteiger partial charge in [0.05, 0.1) is 0 Å². The summed E-state index contributed by atoms with van der Waals surface area (Å²) < 4.78 is 0. The van der Waals surface area contributed by atoms with Crippen molar-refractivity contribution in [2.45, 2.75) is 38.8 Å². The van der Waals surface area contributed by atoms with E-state index in [1.54, 1.807) is 0 Å². The largest absolute Gasteiger partial charge is 0.367 e. The standard InChI is InChI=1S/C11H17N3/c1-7(12)10-5-6-11(13-8(10)2)14-9-3-4-9/h5-7,9H,3-4,12H2,1-2H3,(H,13,14). The molecule has 0 aromatic carbocycles. The van der Waals surface area contributed by atoms with Crippen molar-refractivity contribution >= 4 is 5.82 Å². The summed E-state index contributed by atoms with van der Waals surface area (Å²) in [6, 6.07) is 4.81. The topological polar surface area (TPSA) is 50.9 Å². The summed E-state index contributed by atoms with van der Waals surface area (Å²) in [6.45, 7) is 3.99.